The van der Waals surface area contributed by atoms with Crippen LogP contribution in [0.5, 0.6) is 0 Å². The largest absolute Gasteiger partial charge is 0.383 e. The summed E-state index contributed by atoms with van der Waals surface area (Å²) in [5.74, 6) is 1.15. The predicted molar refractivity (Wildman–Crippen MR) is 69.3 cm³/mol. The summed E-state index contributed by atoms with van der Waals surface area (Å²) in [7, 11) is 1.72. The number of hydrogen-bond acceptors (Lipinski definition) is 4. The minimum absolute atomic E-state index is 0.749. The van der Waals surface area contributed by atoms with Gasteiger partial charge >= 0.3 is 0 Å². The highest BCUT2D eigenvalue weighted by Gasteiger charge is 2.16. The number of methoxy groups -OCH3 is 1. The van der Waals surface area contributed by atoms with Crippen molar-refractivity contribution in [3.05, 3.63) is 23.9 Å². The highest BCUT2D eigenvalue weighted by atomic mass is 16.5. The second-order valence-corrected chi connectivity index (χ2v) is 4.35. The third kappa shape index (κ3) is 3.41. The Kier molecular flexibility index (Phi) is 4.76. The number of nitrogens with zero attached hydrogens (tertiary/aromatic N) is 2. The summed E-state index contributed by atoms with van der Waals surface area (Å²) in [4.78, 5) is 6.90. The highest BCUT2D eigenvalue weighted by Crippen LogP contribution is 2.21. The summed E-state index contributed by atoms with van der Waals surface area (Å²) in [6, 6.07) is 4.16. The Bertz CT molecular complexity index is 337. The highest BCUT2D eigenvalue weighted by molar-refractivity contribution is 5.47. The zero-order valence-electron chi connectivity index (χ0n) is 10.5. The molecule has 1 saturated heterocycles. The molecule has 0 radical (unpaired) electrons. The Labute approximate surface area is 103 Å². The molecular weight excluding hydrogens is 214 g/mol. The Balaban J connectivity index is 1.95. The van der Waals surface area contributed by atoms with Crippen molar-refractivity contribution in [3.8, 4) is 0 Å². The van der Waals surface area contributed by atoms with E-state index in [0.29, 0.717) is 0 Å². The number of hydrogen-bond donors (Lipinski definition) is 1. The summed E-state index contributed by atoms with van der Waals surface area (Å²) in [6.45, 7) is 4.78. The maximum Gasteiger partial charge on any atom is 0.133 e. The number of anilines is 1. The van der Waals surface area contributed by atoms with Crippen molar-refractivity contribution in [3.63, 3.8) is 0 Å². The van der Waals surface area contributed by atoms with E-state index in [1.807, 2.05) is 12.3 Å². The topological polar surface area (TPSA) is 37.4 Å². The van der Waals surface area contributed by atoms with Crippen molar-refractivity contribution in [1.82, 2.24) is 10.3 Å². The monoisotopic (exact) mass is 235 g/mol. The van der Waals surface area contributed by atoms with Gasteiger partial charge in [-0.2, -0.15) is 0 Å². The van der Waals surface area contributed by atoms with Crippen LogP contribution in [0.1, 0.15) is 18.4 Å². The first-order valence-corrected chi connectivity index (χ1v) is 6.30. The van der Waals surface area contributed by atoms with Gasteiger partial charge in [0, 0.05) is 45.0 Å². The molecule has 17 heavy (non-hydrogen) atoms. The Morgan fingerprint density at radius 3 is 3.00 bits per heavy atom. The first-order valence-electron chi connectivity index (χ1n) is 6.30. The fraction of sp³-hybridized carbons (Fsp3) is 0.615. The predicted octanol–water partition coefficient (Wildman–Crippen LogP) is 1.42. The first kappa shape index (κ1) is 12.3. The maximum absolute atomic E-state index is 5.02. The van der Waals surface area contributed by atoms with Crippen LogP contribution in [-0.4, -0.2) is 38.3 Å². The van der Waals surface area contributed by atoms with Gasteiger partial charge in [0.25, 0.3) is 0 Å². The van der Waals surface area contributed by atoms with E-state index in [0.717, 1.165) is 38.6 Å². The van der Waals surface area contributed by atoms with E-state index in [4.69, 9.17) is 4.74 Å². The maximum atomic E-state index is 5.02. The minimum atomic E-state index is 0.749. The summed E-state index contributed by atoms with van der Waals surface area (Å²) < 4.78 is 5.02. The van der Waals surface area contributed by atoms with E-state index in [-0.39, 0.29) is 0 Å². The zero-order chi connectivity index (χ0) is 11.9. The number of rotatable bonds is 6. The van der Waals surface area contributed by atoms with Crippen LogP contribution in [0.15, 0.2) is 18.3 Å². The van der Waals surface area contributed by atoms with Gasteiger partial charge in [0.2, 0.25) is 0 Å². The van der Waals surface area contributed by atoms with Crippen molar-refractivity contribution in [2.75, 3.05) is 38.3 Å². The van der Waals surface area contributed by atoms with Crippen LogP contribution in [0.25, 0.3) is 0 Å². The molecule has 94 valence electrons. The summed E-state index contributed by atoms with van der Waals surface area (Å²) >= 11 is 0. The summed E-state index contributed by atoms with van der Waals surface area (Å²) in [5.41, 5.74) is 1.28. The van der Waals surface area contributed by atoms with Crippen molar-refractivity contribution in [2.45, 2.75) is 19.4 Å². The SMILES string of the molecule is COCCNCc1cccnc1N1CCCC1. The van der Waals surface area contributed by atoms with Crippen molar-refractivity contribution in [1.29, 1.82) is 0 Å². The van der Waals surface area contributed by atoms with Gasteiger partial charge in [-0.1, -0.05) is 6.07 Å². The number of nitrogens with one attached hydrogen (secondary N) is 1. The molecule has 0 saturated carbocycles. The summed E-state index contributed by atoms with van der Waals surface area (Å²) in [5, 5.41) is 3.37. The molecule has 0 aliphatic carbocycles. The number of ether oxygens (including phenoxy) is 1. The Morgan fingerprint density at radius 2 is 2.24 bits per heavy atom. The Hall–Kier alpha value is -1.13. The standard InChI is InChI=1S/C13H21N3O/c1-17-10-7-14-11-12-5-4-6-15-13(12)16-8-2-3-9-16/h4-6,14H,2-3,7-11H2,1H3. The lowest BCUT2D eigenvalue weighted by Crippen LogP contribution is -2.24. The molecule has 0 spiro atoms. The van der Waals surface area contributed by atoms with E-state index in [9.17, 15) is 0 Å². The molecule has 1 fully saturated rings. The van der Waals surface area contributed by atoms with Gasteiger partial charge in [-0.3, -0.25) is 0 Å². The van der Waals surface area contributed by atoms with Gasteiger partial charge in [0.15, 0.2) is 0 Å². The molecule has 2 heterocycles. The second-order valence-electron chi connectivity index (χ2n) is 4.35. The number of aromatic nitrogens is 1. The molecule has 1 aliphatic rings. The molecule has 0 amide bonds. The van der Waals surface area contributed by atoms with Crippen molar-refractivity contribution in [2.24, 2.45) is 0 Å². The van der Waals surface area contributed by atoms with Gasteiger partial charge in [-0.05, 0) is 18.9 Å². The van der Waals surface area contributed by atoms with Gasteiger partial charge in [0.1, 0.15) is 5.82 Å². The first-order chi connectivity index (χ1) is 8.42. The van der Waals surface area contributed by atoms with E-state index in [2.05, 4.69) is 21.3 Å². The van der Waals surface area contributed by atoms with Crippen LogP contribution in [0.4, 0.5) is 5.82 Å². The average Bonchev–Trinajstić information content (AvgIpc) is 2.89. The normalized spacial score (nSPS) is 15.5. The van der Waals surface area contributed by atoms with Gasteiger partial charge in [-0.15, -0.1) is 0 Å². The van der Waals surface area contributed by atoms with Crippen LogP contribution in [0.2, 0.25) is 0 Å². The second kappa shape index (κ2) is 6.57. The van der Waals surface area contributed by atoms with Gasteiger partial charge in [0.05, 0.1) is 6.61 Å². The smallest absolute Gasteiger partial charge is 0.133 e. The third-order valence-electron chi connectivity index (χ3n) is 3.07. The molecule has 0 atom stereocenters. The lowest BCUT2D eigenvalue weighted by Gasteiger charge is -2.19. The molecule has 1 aliphatic heterocycles. The Morgan fingerprint density at radius 1 is 1.41 bits per heavy atom. The fourth-order valence-electron chi connectivity index (χ4n) is 2.18. The van der Waals surface area contributed by atoms with E-state index in [1.54, 1.807) is 7.11 Å². The van der Waals surface area contributed by atoms with Crippen LogP contribution in [0, 0.1) is 0 Å². The molecular formula is C13H21N3O. The van der Waals surface area contributed by atoms with Crippen LogP contribution in [-0.2, 0) is 11.3 Å². The van der Waals surface area contributed by atoms with Crippen LogP contribution >= 0.6 is 0 Å². The van der Waals surface area contributed by atoms with Crippen LogP contribution in [0.3, 0.4) is 0 Å². The number of pyridine rings is 1. The van der Waals surface area contributed by atoms with Crippen molar-refractivity contribution >= 4 is 5.82 Å². The average molecular weight is 235 g/mol. The van der Waals surface area contributed by atoms with E-state index in [1.165, 1.54) is 18.4 Å². The molecule has 4 heteroatoms. The third-order valence-corrected chi connectivity index (χ3v) is 3.07. The fourth-order valence-corrected chi connectivity index (χ4v) is 2.18. The lowest BCUT2D eigenvalue weighted by atomic mass is 10.2. The minimum Gasteiger partial charge on any atom is -0.383 e. The molecule has 4 nitrogen and oxygen atoms in total. The van der Waals surface area contributed by atoms with Crippen LogP contribution < -0.4 is 10.2 Å². The molecule has 0 bridgehead atoms. The van der Waals surface area contributed by atoms with Gasteiger partial charge in [-0.25, -0.2) is 4.98 Å². The quantitative estimate of drug-likeness (QED) is 0.757. The molecule has 2 rings (SSSR count). The van der Waals surface area contributed by atoms with Gasteiger partial charge < -0.3 is 15.0 Å². The molecule has 0 aromatic carbocycles. The lowest BCUT2D eigenvalue weighted by molar-refractivity contribution is 0.199. The molecule has 1 aromatic heterocycles. The van der Waals surface area contributed by atoms with E-state index < -0.39 is 0 Å². The molecule has 1 N–H and O–H groups in total. The van der Waals surface area contributed by atoms with E-state index >= 15 is 0 Å². The van der Waals surface area contributed by atoms with Crippen molar-refractivity contribution < 1.29 is 4.74 Å². The molecule has 0 unspecified atom stereocenters. The zero-order valence-corrected chi connectivity index (χ0v) is 10.5. The molecule has 1 aromatic rings. The summed E-state index contributed by atoms with van der Waals surface area (Å²) in [6.07, 6.45) is 4.45.